The summed E-state index contributed by atoms with van der Waals surface area (Å²) in [6.45, 7) is 2.62. The lowest BCUT2D eigenvalue weighted by atomic mass is 10.1. The zero-order valence-electron chi connectivity index (χ0n) is 11.4. The number of halogens is 2. The first-order chi connectivity index (χ1) is 9.54. The van der Waals surface area contributed by atoms with E-state index in [9.17, 15) is 9.18 Å². The van der Waals surface area contributed by atoms with Crippen LogP contribution >= 0.6 is 11.6 Å². The summed E-state index contributed by atoms with van der Waals surface area (Å²) in [4.78, 5) is 12.0. The SMILES string of the molecule is CC(CCO)CNC(=O)C1CC1c1c(F)cccc1Cl. The van der Waals surface area contributed by atoms with Gasteiger partial charge in [0.2, 0.25) is 5.91 Å². The summed E-state index contributed by atoms with van der Waals surface area (Å²) in [6.07, 6.45) is 1.30. The molecule has 1 saturated carbocycles. The van der Waals surface area contributed by atoms with Gasteiger partial charge in [-0.1, -0.05) is 24.6 Å². The number of carbonyl (C=O) groups is 1. The van der Waals surface area contributed by atoms with Gasteiger partial charge < -0.3 is 10.4 Å². The molecule has 0 aliphatic heterocycles. The number of aliphatic hydroxyl groups is 1. The quantitative estimate of drug-likeness (QED) is 0.848. The van der Waals surface area contributed by atoms with Crippen LogP contribution in [0.1, 0.15) is 31.2 Å². The van der Waals surface area contributed by atoms with E-state index in [1.54, 1.807) is 12.1 Å². The maximum Gasteiger partial charge on any atom is 0.223 e. The molecule has 1 aliphatic rings. The van der Waals surface area contributed by atoms with Gasteiger partial charge in [0.05, 0.1) is 0 Å². The molecule has 3 unspecified atom stereocenters. The van der Waals surface area contributed by atoms with Gasteiger partial charge in [0.25, 0.3) is 0 Å². The van der Waals surface area contributed by atoms with Crippen LogP contribution in [0.4, 0.5) is 4.39 Å². The molecular formula is C15H19ClFNO2. The molecule has 1 amide bonds. The highest BCUT2D eigenvalue weighted by Gasteiger charge is 2.46. The van der Waals surface area contributed by atoms with Crippen molar-refractivity contribution >= 4 is 17.5 Å². The number of benzene rings is 1. The average Bonchev–Trinajstić information content (AvgIpc) is 3.16. The fourth-order valence-electron chi connectivity index (χ4n) is 2.40. The Labute approximate surface area is 123 Å². The summed E-state index contributed by atoms with van der Waals surface area (Å²) in [6, 6.07) is 4.59. The monoisotopic (exact) mass is 299 g/mol. The van der Waals surface area contributed by atoms with E-state index >= 15 is 0 Å². The van der Waals surface area contributed by atoms with Gasteiger partial charge in [-0.15, -0.1) is 0 Å². The van der Waals surface area contributed by atoms with Crippen LogP contribution < -0.4 is 5.32 Å². The molecule has 1 fully saturated rings. The van der Waals surface area contributed by atoms with Crippen LogP contribution in [0.15, 0.2) is 18.2 Å². The molecule has 2 rings (SSSR count). The van der Waals surface area contributed by atoms with Crippen LogP contribution in [0.25, 0.3) is 0 Å². The number of amides is 1. The summed E-state index contributed by atoms with van der Waals surface area (Å²) < 4.78 is 13.7. The van der Waals surface area contributed by atoms with Gasteiger partial charge in [0.1, 0.15) is 5.82 Å². The summed E-state index contributed by atoms with van der Waals surface area (Å²) in [7, 11) is 0. The van der Waals surface area contributed by atoms with Crippen molar-refractivity contribution in [3.05, 3.63) is 34.6 Å². The van der Waals surface area contributed by atoms with Crippen LogP contribution in [0.2, 0.25) is 5.02 Å². The minimum absolute atomic E-state index is 0.0564. The zero-order valence-corrected chi connectivity index (χ0v) is 12.2. The summed E-state index contributed by atoms with van der Waals surface area (Å²) in [5.41, 5.74) is 0.456. The number of carbonyl (C=O) groups excluding carboxylic acids is 1. The summed E-state index contributed by atoms with van der Waals surface area (Å²) in [5, 5.41) is 12.0. The Morgan fingerprint density at radius 1 is 1.60 bits per heavy atom. The molecule has 0 aromatic heterocycles. The molecule has 0 spiro atoms. The normalized spacial score (nSPS) is 22.4. The Morgan fingerprint density at radius 3 is 3.00 bits per heavy atom. The van der Waals surface area contributed by atoms with Crippen LogP contribution in [0.5, 0.6) is 0 Å². The van der Waals surface area contributed by atoms with Crippen LogP contribution in [0, 0.1) is 17.7 Å². The fourth-order valence-corrected chi connectivity index (χ4v) is 2.70. The van der Waals surface area contributed by atoms with Gasteiger partial charge in [0.15, 0.2) is 0 Å². The van der Waals surface area contributed by atoms with Crippen LogP contribution in [-0.2, 0) is 4.79 Å². The lowest BCUT2D eigenvalue weighted by Gasteiger charge is -2.11. The highest BCUT2D eigenvalue weighted by Crippen LogP contribution is 2.50. The van der Waals surface area contributed by atoms with Crippen LogP contribution in [0.3, 0.4) is 0 Å². The molecule has 0 saturated heterocycles. The molecule has 5 heteroatoms. The second kappa shape index (κ2) is 6.55. The van der Waals surface area contributed by atoms with Crippen molar-refractivity contribution in [3.8, 4) is 0 Å². The predicted molar refractivity (Wildman–Crippen MR) is 76.1 cm³/mol. The molecule has 1 aromatic rings. The Bertz CT molecular complexity index is 475. The van der Waals surface area contributed by atoms with Gasteiger partial charge in [-0.3, -0.25) is 4.79 Å². The van der Waals surface area contributed by atoms with E-state index in [2.05, 4.69) is 5.32 Å². The molecule has 1 aromatic carbocycles. The first kappa shape index (κ1) is 15.3. The topological polar surface area (TPSA) is 49.3 Å². The Morgan fingerprint density at radius 2 is 2.35 bits per heavy atom. The van der Waals surface area contributed by atoms with E-state index < -0.39 is 0 Å². The van der Waals surface area contributed by atoms with E-state index in [0.29, 0.717) is 30.0 Å². The number of hydrogen-bond donors (Lipinski definition) is 2. The Kier molecular flexibility index (Phi) is 5.00. The smallest absolute Gasteiger partial charge is 0.223 e. The molecule has 0 heterocycles. The highest BCUT2D eigenvalue weighted by molar-refractivity contribution is 6.31. The van der Waals surface area contributed by atoms with Crippen molar-refractivity contribution < 1.29 is 14.3 Å². The van der Waals surface area contributed by atoms with Crippen molar-refractivity contribution in [2.75, 3.05) is 13.2 Å². The minimum Gasteiger partial charge on any atom is -0.396 e. The number of hydrogen-bond acceptors (Lipinski definition) is 2. The maximum atomic E-state index is 13.7. The molecule has 20 heavy (non-hydrogen) atoms. The van der Waals surface area contributed by atoms with E-state index in [-0.39, 0.29) is 36.1 Å². The molecule has 3 nitrogen and oxygen atoms in total. The third-order valence-electron chi connectivity index (χ3n) is 3.74. The summed E-state index contributed by atoms with van der Waals surface area (Å²) in [5.74, 6) is -0.466. The van der Waals surface area contributed by atoms with E-state index in [1.165, 1.54) is 6.07 Å². The Balaban J connectivity index is 1.90. The standard InChI is InChI=1S/C15H19ClFNO2/c1-9(5-6-19)8-18-15(20)11-7-10(11)14-12(16)3-2-4-13(14)17/h2-4,9-11,19H,5-8H2,1H3,(H,18,20). The van der Waals surface area contributed by atoms with Crippen molar-refractivity contribution in [1.82, 2.24) is 5.32 Å². The van der Waals surface area contributed by atoms with Gasteiger partial charge in [0, 0.05) is 35.6 Å². The second-order valence-electron chi connectivity index (χ2n) is 5.45. The highest BCUT2D eigenvalue weighted by atomic mass is 35.5. The lowest BCUT2D eigenvalue weighted by Crippen LogP contribution is -2.30. The average molecular weight is 300 g/mol. The number of nitrogens with one attached hydrogen (secondary N) is 1. The zero-order chi connectivity index (χ0) is 14.7. The van der Waals surface area contributed by atoms with Gasteiger partial charge in [-0.25, -0.2) is 4.39 Å². The van der Waals surface area contributed by atoms with E-state index in [0.717, 1.165) is 0 Å². The first-order valence-electron chi connectivity index (χ1n) is 6.87. The molecule has 2 N–H and O–H groups in total. The molecule has 1 aliphatic carbocycles. The maximum absolute atomic E-state index is 13.7. The molecular weight excluding hydrogens is 281 g/mol. The largest absolute Gasteiger partial charge is 0.396 e. The molecule has 0 bridgehead atoms. The van der Waals surface area contributed by atoms with Crippen molar-refractivity contribution in [3.63, 3.8) is 0 Å². The molecule has 0 radical (unpaired) electrons. The second-order valence-corrected chi connectivity index (χ2v) is 5.85. The van der Waals surface area contributed by atoms with Gasteiger partial charge in [-0.2, -0.15) is 0 Å². The van der Waals surface area contributed by atoms with Crippen LogP contribution in [-0.4, -0.2) is 24.2 Å². The van der Waals surface area contributed by atoms with Crippen molar-refractivity contribution in [2.24, 2.45) is 11.8 Å². The molecule has 3 atom stereocenters. The lowest BCUT2D eigenvalue weighted by molar-refractivity contribution is -0.122. The van der Waals surface area contributed by atoms with Gasteiger partial charge >= 0.3 is 0 Å². The Hall–Kier alpha value is -1.13. The van der Waals surface area contributed by atoms with Crippen molar-refractivity contribution in [1.29, 1.82) is 0 Å². The molecule has 110 valence electrons. The first-order valence-corrected chi connectivity index (χ1v) is 7.24. The number of aliphatic hydroxyl groups excluding tert-OH is 1. The van der Waals surface area contributed by atoms with Gasteiger partial charge in [-0.05, 0) is 30.9 Å². The van der Waals surface area contributed by atoms with E-state index in [4.69, 9.17) is 16.7 Å². The van der Waals surface area contributed by atoms with E-state index in [1.807, 2.05) is 6.92 Å². The number of rotatable bonds is 6. The third kappa shape index (κ3) is 3.49. The van der Waals surface area contributed by atoms with Crippen molar-refractivity contribution in [2.45, 2.75) is 25.7 Å². The third-order valence-corrected chi connectivity index (χ3v) is 4.07. The minimum atomic E-state index is -0.341. The summed E-state index contributed by atoms with van der Waals surface area (Å²) >= 11 is 6.00. The fraction of sp³-hybridized carbons (Fsp3) is 0.533. The predicted octanol–water partition coefficient (Wildman–Crippen LogP) is 2.72.